The predicted octanol–water partition coefficient (Wildman–Crippen LogP) is 4.64. The van der Waals surface area contributed by atoms with E-state index in [2.05, 4.69) is 10.6 Å². The van der Waals surface area contributed by atoms with Crippen molar-refractivity contribution in [1.29, 1.82) is 0 Å². The highest BCUT2D eigenvalue weighted by Crippen LogP contribution is 2.21. The maximum absolute atomic E-state index is 14.4. The lowest BCUT2D eigenvalue weighted by atomic mass is 9.94. The summed E-state index contributed by atoms with van der Waals surface area (Å²) in [6, 6.07) is 14.9. The van der Waals surface area contributed by atoms with Gasteiger partial charge in [-0.1, -0.05) is 68.5 Å². The van der Waals surface area contributed by atoms with Crippen molar-refractivity contribution in [2.75, 3.05) is 34.3 Å². The SMILES string of the molecule is CNC(C)(C)C/C=C/C(=O)N(C)C(Cc1ccc2ccccc2c1)C(=O)N(C)C(Cc1ccc(F)c(F)c1)C(=O)NCC(C)(C)CO. The fourth-order valence-corrected chi connectivity index (χ4v) is 4.99. The lowest BCUT2D eigenvalue weighted by Crippen LogP contribution is -2.56. The molecule has 0 aliphatic rings. The van der Waals surface area contributed by atoms with Crippen molar-refractivity contribution >= 4 is 28.5 Å². The quantitative estimate of drug-likeness (QED) is 0.208. The number of halogens is 2. The van der Waals surface area contributed by atoms with E-state index in [1.54, 1.807) is 27.0 Å². The highest BCUT2D eigenvalue weighted by Gasteiger charge is 2.35. The molecule has 3 rings (SSSR count). The Balaban J connectivity index is 1.99. The molecule has 47 heavy (non-hydrogen) atoms. The highest BCUT2D eigenvalue weighted by molar-refractivity contribution is 5.95. The topological polar surface area (TPSA) is 102 Å². The molecule has 0 aromatic heterocycles. The predicted molar refractivity (Wildman–Crippen MR) is 182 cm³/mol. The van der Waals surface area contributed by atoms with Crippen LogP contribution in [0.25, 0.3) is 10.8 Å². The first-order chi connectivity index (χ1) is 22.1. The molecule has 0 aliphatic heterocycles. The Morgan fingerprint density at radius 1 is 0.851 bits per heavy atom. The average molecular weight is 651 g/mol. The third-order valence-corrected chi connectivity index (χ3v) is 8.61. The van der Waals surface area contributed by atoms with E-state index < -0.39 is 40.9 Å². The van der Waals surface area contributed by atoms with E-state index in [1.165, 1.54) is 29.0 Å². The molecule has 8 nitrogen and oxygen atoms in total. The van der Waals surface area contributed by atoms with E-state index in [1.807, 2.05) is 63.4 Å². The monoisotopic (exact) mass is 650 g/mol. The number of carbonyl (C=O) groups excluding carboxylic acids is 3. The maximum Gasteiger partial charge on any atom is 0.246 e. The Labute approximate surface area is 276 Å². The number of benzene rings is 3. The number of likely N-dealkylation sites (N-methyl/N-ethyl adjacent to an activating group) is 2. The first-order valence-corrected chi connectivity index (χ1v) is 15.8. The molecule has 0 heterocycles. The molecular weight excluding hydrogens is 602 g/mol. The van der Waals surface area contributed by atoms with E-state index in [9.17, 15) is 28.3 Å². The van der Waals surface area contributed by atoms with Gasteiger partial charge in [-0.2, -0.15) is 0 Å². The van der Waals surface area contributed by atoms with Crippen LogP contribution >= 0.6 is 0 Å². The molecule has 0 fully saturated rings. The van der Waals surface area contributed by atoms with Crippen molar-refractivity contribution in [2.45, 2.75) is 64.6 Å². The van der Waals surface area contributed by atoms with Crippen molar-refractivity contribution in [3.05, 3.63) is 95.6 Å². The first-order valence-electron chi connectivity index (χ1n) is 15.8. The second-order valence-electron chi connectivity index (χ2n) is 13.5. The first kappa shape index (κ1) is 37.3. The summed E-state index contributed by atoms with van der Waals surface area (Å²) in [5.41, 5.74) is 0.267. The van der Waals surface area contributed by atoms with E-state index in [0.29, 0.717) is 12.0 Å². The third-order valence-electron chi connectivity index (χ3n) is 8.61. The number of fused-ring (bicyclic) bond motifs is 1. The normalized spacial score (nSPS) is 13.4. The largest absolute Gasteiger partial charge is 0.396 e. The summed E-state index contributed by atoms with van der Waals surface area (Å²) in [6.07, 6.45) is 3.85. The minimum atomic E-state index is -1.13. The molecule has 2 atom stereocenters. The minimum absolute atomic E-state index is 0.107. The van der Waals surface area contributed by atoms with Gasteiger partial charge in [-0.3, -0.25) is 14.4 Å². The second-order valence-corrected chi connectivity index (χ2v) is 13.5. The minimum Gasteiger partial charge on any atom is -0.396 e. The maximum atomic E-state index is 14.4. The van der Waals surface area contributed by atoms with Crippen LogP contribution in [0.5, 0.6) is 0 Å². The molecule has 254 valence electrons. The summed E-state index contributed by atoms with van der Waals surface area (Å²) in [4.78, 5) is 44.2. The van der Waals surface area contributed by atoms with Crippen molar-refractivity contribution in [1.82, 2.24) is 20.4 Å². The number of carbonyl (C=O) groups is 3. The van der Waals surface area contributed by atoms with Crippen molar-refractivity contribution in [2.24, 2.45) is 5.41 Å². The number of aliphatic hydroxyl groups is 1. The molecule has 0 bridgehead atoms. The standard InChI is InChI=1S/C37H48F2N4O4/c1-36(2,24-44)23-41-34(46)31(21-26-15-17-29(38)30(39)20-26)43(7)35(47)32(42(6)33(45)13-10-18-37(3,4)40-5)22-25-14-16-27-11-8-9-12-28(27)19-25/h8-17,19-20,31-32,40,44H,18,21-24H2,1-7H3,(H,41,46)/b13-10+. The van der Waals surface area contributed by atoms with Crippen LogP contribution in [-0.2, 0) is 27.2 Å². The van der Waals surface area contributed by atoms with Gasteiger partial charge in [-0.05, 0) is 67.4 Å². The van der Waals surface area contributed by atoms with Crippen molar-refractivity contribution < 1.29 is 28.3 Å². The molecule has 3 N–H and O–H groups in total. The average Bonchev–Trinajstić information content (AvgIpc) is 3.05. The number of aliphatic hydroxyl groups excluding tert-OH is 1. The number of amides is 3. The van der Waals surface area contributed by atoms with Crippen LogP contribution in [0, 0.1) is 17.0 Å². The van der Waals surface area contributed by atoms with Gasteiger partial charge in [0, 0.05) is 51.0 Å². The van der Waals surface area contributed by atoms with Gasteiger partial charge in [0.05, 0.1) is 0 Å². The Bertz CT molecular complexity index is 1590. The van der Waals surface area contributed by atoms with Crippen LogP contribution in [0.4, 0.5) is 8.78 Å². The molecule has 0 aliphatic carbocycles. The molecule has 0 saturated heterocycles. The van der Waals surface area contributed by atoms with Gasteiger partial charge in [-0.15, -0.1) is 0 Å². The van der Waals surface area contributed by atoms with E-state index >= 15 is 0 Å². The Morgan fingerprint density at radius 3 is 2.11 bits per heavy atom. The van der Waals surface area contributed by atoms with Gasteiger partial charge < -0.3 is 25.5 Å². The molecule has 0 radical (unpaired) electrons. The Hall–Kier alpha value is -4.15. The number of nitrogens with zero attached hydrogens (tertiary/aromatic N) is 2. The van der Waals surface area contributed by atoms with Gasteiger partial charge in [-0.25, -0.2) is 8.78 Å². The smallest absolute Gasteiger partial charge is 0.246 e. The lowest BCUT2D eigenvalue weighted by molar-refractivity contribution is -0.146. The Kier molecular flexibility index (Phi) is 12.8. The van der Waals surface area contributed by atoms with Crippen LogP contribution in [0.15, 0.2) is 72.8 Å². The second kappa shape index (κ2) is 16.1. The van der Waals surface area contributed by atoms with E-state index in [0.717, 1.165) is 28.5 Å². The highest BCUT2D eigenvalue weighted by atomic mass is 19.2. The van der Waals surface area contributed by atoms with Crippen LogP contribution in [0.1, 0.15) is 45.2 Å². The van der Waals surface area contributed by atoms with Gasteiger partial charge in [0.1, 0.15) is 12.1 Å². The van der Waals surface area contributed by atoms with Crippen LogP contribution in [0.2, 0.25) is 0 Å². The summed E-state index contributed by atoms with van der Waals surface area (Å²) in [5, 5.41) is 17.7. The van der Waals surface area contributed by atoms with Gasteiger partial charge >= 0.3 is 0 Å². The van der Waals surface area contributed by atoms with Gasteiger partial charge in [0.2, 0.25) is 17.7 Å². The van der Waals surface area contributed by atoms with Gasteiger partial charge in [0.25, 0.3) is 0 Å². The molecule has 2 unspecified atom stereocenters. The zero-order valence-electron chi connectivity index (χ0n) is 28.4. The van der Waals surface area contributed by atoms with Crippen molar-refractivity contribution in [3.63, 3.8) is 0 Å². The van der Waals surface area contributed by atoms with E-state index in [4.69, 9.17) is 0 Å². The molecule has 3 aromatic carbocycles. The zero-order chi connectivity index (χ0) is 34.9. The number of nitrogens with one attached hydrogen (secondary N) is 2. The van der Waals surface area contributed by atoms with Crippen LogP contribution < -0.4 is 10.6 Å². The fraction of sp³-hybridized carbons (Fsp3) is 0.432. The van der Waals surface area contributed by atoms with Crippen LogP contribution in [-0.4, -0.2) is 84.5 Å². The molecule has 0 saturated carbocycles. The van der Waals surface area contributed by atoms with Crippen molar-refractivity contribution in [3.8, 4) is 0 Å². The fourth-order valence-electron chi connectivity index (χ4n) is 4.99. The summed E-state index contributed by atoms with van der Waals surface area (Å²) in [7, 11) is 4.87. The third kappa shape index (κ3) is 10.4. The molecular formula is C37H48F2N4O4. The summed E-state index contributed by atoms with van der Waals surface area (Å²) < 4.78 is 27.9. The number of hydrogen-bond donors (Lipinski definition) is 3. The zero-order valence-corrected chi connectivity index (χ0v) is 28.4. The Morgan fingerprint density at radius 2 is 1.47 bits per heavy atom. The van der Waals surface area contributed by atoms with Crippen LogP contribution in [0.3, 0.4) is 0 Å². The molecule has 3 aromatic rings. The lowest BCUT2D eigenvalue weighted by Gasteiger charge is -2.35. The summed E-state index contributed by atoms with van der Waals surface area (Å²) in [6.45, 7) is 7.50. The summed E-state index contributed by atoms with van der Waals surface area (Å²) in [5.74, 6) is -3.49. The summed E-state index contributed by atoms with van der Waals surface area (Å²) >= 11 is 0. The molecule has 3 amide bonds. The van der Waals surface area contributed by atoms with Gasteiger partial charge in [0.15, 0.2) is 11.6 Å². The van der Waals surface area contributed by atoms with E-state index in [-0.39, 0.29) is 37.4 Å². The number of rotatable bonds is 15. The molecule has 0 spiro atoms. The molecule has 10 heteroatoms. The number of hydrogen-bond acceptors (Lipinski definition) is 5.